The molecule has 0 saturated heterocycles. The van der Waals surface area contributed by atoms with Crippen molar-refractivity contribution in [2.75, 3.05) is 36.8 Å². The molecule has 4 aromatic carbocycles. The van der Waals surface area contributed by atoms with E-state index in [1.807, 2.05) is 0 Å². The lowest BCUT2D eigenvalue weighted by Crippen LogP contribution is -2.41. The topological polar surface area (TPSA) is 242 Å². The molecule has 3 N–H and O–H groups in total. The zero-order chi connectivity index (χ0) is 62.5. The van der Waals surface area contributed by atoms with Crippen molar-refractivity contribution in [2.45, 2.75) is 52.1 Å². The van der Waals surface area contributed by atoms with E-state index in [4.69, 9.17) is 14.5 Å². The van der Waals surface area contributed by atoms with Crippen molar-refractivity contribution in [2.24, 2.45) is 0 Å². The van der Waals surface area contributed by atoms with Crippen molar-refractivity contribution in [3.05, 3.63) is 203 Å². The highest BCUT2D eigenvalue weighted by molar-refractivity contribution is 9.10. The predicted molar refractivity (Wildman–Crippen MR) is 324 cm³/mol. The third-order valence-corrected chi connectivity index (χ3v) is 16.8. The first-order chi connectivity index (χ1) is 40.6. The summed E-state index contributed by atoms with van der Waals surface area (Å²) in [6.45, 7) is 3.21. The van der Waals surface area contributed by atoms with Gasteiger partial charge in [0.15, 0.2) is 11.6 Å². The molecule has 4 aromatic heterocycles. The molecule has 0 spiro atoms. The summed E-state index contributed by atoms with van der Waals surface area (Å²) in [6.07, 6.45) is -5.84. The number of alkyl halides is 6. The van der Waals surface area contributed by atoms with Crippen LogP contribution in [0.3, 0.4) is 0 Å². The standard InChI is InChI=1S/C27H23F4N5O4S.C19H17BrFN5O4S.C8H7BF3O2.2H3P/c1-16-5-7-18(27(29,30)31)12-19(16)20-13-24(40-2)23(14-21(20)28)36-22-9-11-35(15-17(22)6-8-26(36)37)41(38,39)34-25-4-3-10-32-33-25;1-30-17-9-13(20)14(21)10-16(17)26-15-6-8-25(11-12(15)4-5-19(26)27)31(28,29)24-18-3-2-7-22-23-18;1-5-2-3-6(8(10,11)12)4-7(5)14-9-13;;/h3-8,10,12-14H,9,11,15H2,1-2H3,(H,33,34);2-5,7,9-10H,6,8,11H2,1H3,(H,23,24);2-4,13H,1H3;2*1H3. The van der Waals surface area contributed by atoms with Crippen molar-refractivity contribution in [3.63, 3.8) is 0 Å². The van der Waals surface area contributed by atoms with Gasteiger partial charge in [-0.1, -0.05) is 24.3 Å². The molecule has 0 fully saturated rings. The predicted octanol–water partition coefficient (Wildman–Crippen LogP) is 8.77. The lowest BCUT2D eigenvalue weighted by atomic mass is 9.96. The van der Waals surface area contributed by atoms with Crippen LogP contribution in [0.15, 0.2) is 136 Å². The summed E-state index contributed by atoms with van der Waals surface area (Å²) in [7, 11) is -4.83. The van der Waals surface area contributed by atoms with Crippen molar-refractivity contribution in [3.8, 4) is 39.8 Å². The molecule has 2 aliphatic heterocycles. The van der Waals surface area contributed by atoms with Gasteiger partial charge in [-0.25, -0.2) is 8.78 Å². The number of nitrogens with zero attached hydrogens (tertiary/aromatic N) is 8. The van der Waals surface area contributed by atoms with Crippen LogP contribution in [0.25, 0.3) is 22.5 Å². The number of pyridine rings is 2. The number of aryl methyl sites for hydroxylation is 2. The summed E-state index contributed by atoms with van der Waals surface area (Å²) in [5, 5.41) is 23.1. The van der Waals surface area contributed by atoms with Crippen LogP contribution in [-0.2, 0) is 58.7 Å². The van der Waals surface area contributed by atoms with Crippen molar-refractivity contribution in [1.82, 2.24) is 38.1 Å². The van der Waals surface area contributed by atoms with Gasteiger partial charge in [-0.2, -0.15) is 81.8 Å². The van der Waals surface area contributed by atoms with Crippen molar-refractivity contribution >= 4 is 75.5 Å². The van der Waals surface area contributed by atoms with E-state index in [9.17, 15) is 57.2 Å². The Morgan fingerprint density at radius 1 is 0.591 bits per heavy atom. The minimum atomic E-state index is -4.62. The fourth-order valence-corrected chi connectivity index (χ4v) is 11.7. The number of ether oxygens (including phenoxy) is 2. The van der Waals surface area contributed by atoms with E-state index in [0.717, 1.165) is 30.3 Å². The van der Waals surface area contributed by atoms with Gasteiger partial charge in [0.05, 0.1) is 41.2 Å². The maximum Gasteiger partial charge on any atom is 0.569 e. The van der Waals surface area contributed by atoms with Crippen LogP contribution >= 0.6 is 35.7 Å². The van der Waals surface area contributed by atoms with E-state index in [-0.39, 0.29) is 114 Å². The molecule has 467 valence electrons. The summed E-state index contributed by atoms with van der Waals surface area (Å²) in [5.41, 5.74) is 0.673. The molecule has 0 aliphatic carbocycles. The number of hydrogen-bond donors (Lipinski definition) is 3. The van der Waals surface area contributed by atoms with E-state index in [1.54, 1.807) is 26.0 Å². The average Bonchev–Trinajstić information content (AvgIpc) is 0.959. The lowest BCUT2D eigenvalue weighted by molar-refractivity contribution is -0.138. The highest BCUT2D eigenvalue weighted by Crippen LogP contribution is 2.39. The largest absolute Gasteiger partial charge is 0.569 e. The number of benzene rings is 4. The smallest absolute Gasteiger partial charge is 0.537 e. The summed E-state index contributed by atoms with van der Waals surface area (Å²) >= 11 is 3.11. The van der Waals surface area contributed by atoms with Crippen molar-refractivity contribution in [1.29, 1.82) is 0 Å². The summed E-state index contributed by atoms with van der Waals surface area (Å²) in [5.74, 6) is -0.916. The Kier molecular flexibility index (Phi) is 22.8. The Morgan fingerprint density at radius 3 is 1.49 bits per heavy atom. The average molecular weight is 1370 g/mol. The highest BCUT2D eigenvalue weighted by Gasteiger charge is 2.35. The van der Waals surface area contributed by atoms with Crippen molar-refractivity contribution < 1.29 is 71.1 Å². The minimum absolute atomic E-state index is 0. The van der Waals surface area contributed by atoms with Crippen LogP contribution in [0, 0.1) is 25.5 Å². The van der Waals surface area contributed by atoms with Gasteiger partial charge in [-0.3, -0.25) is 28.2 Å². The van der Waals surface area contributed by atoms with Gasteiger partial charge in [0.2, 0.25) is 0 Å². The van der Waals surface area contributed by atoms with Gasteiger partial charge in [0.1, 0.15) is 28.9 Å². The molecule has 1 radical (unpaired) electrons. The molecule has 0 saturated carbocycles. The molecule has 0 amide bonds. The number of hydrogen-bond acceptors (Lipinski definition) is 14. The van der Waals surface area contributed by atoms with Gasteiger partial charge >= 0.3 is 40.5 Å². The Bertz CT molecular complexity index is 4190. The first-order valence-electron chi connectivity index (χ1n) is 25.1. The number of nitrogens with one attached hydrogen (secondary N) is 2. The molecule has 88 heavy (non-hydrogen) atoms. The number of aromatic nitrogens is 6. The molecule has 2 unspecified atom stereocenters. The van der Waals surface area contributed by atoms with Gasteiger partial charge in [0, 0.05) is 92.6 Å². The highest BCUT2D eigenvalue weighted by atomic mass is 79.9. The number of halogens is 9. The van der Waals surface area contributed by atoms with E-state index < -0.39 is 61.1 Å². The van der Waals surface area contributed by atoms with E-state index in [0.29, 0.717) is 47.1 Å². The molecular formula is C54H53BBrF8N10O10P2S2. The fraction of sp³-hybridized carbons (Fsp3) is 0.222. The summed E-state index contributed by atoms with van der Waals surface area (Å²) in [6, 6.07) is 22.7. The third-order valence-electron chi connectivity index (χ3n) is 13.3. The van der Waals surface area contributed by atoms with E-state index in [2.05, 4.69) is 50.4 Å². The molecular weight excluding hydrogens is 1320 g/mol. The molecule has 0 bridgehead atoms. The van der Waals surface area contributed by atoms with Crippen LogP contribution in [-0.4, -0.2) is 95.0 Å². The Morgan fingerprint density at radius 2 is 1.05 bits per heavy atom. The number of rotatable bonds is 13. The molecule has 34 heteroatoms. The third kappa shape index (κ3) is 16.1. The summed E-state index contributed by atoms with van der Waals surface area (Å²) < 4.78 is 183. The second kappa shape index (κ2) is 28.8. The maximum atomic E-state index is 15.6. The zero-order valence-corrected chi connectivity index (χ0v) is 52.7. The quantitative estimate of drug-likeness (QED) is 0.0555. The first kappa shape index (κ1) is 69.7. The van der Waals surface area contributed by atoms with Crippen LogP contribution in [0.2, 0.25) is 0 Å². The summed E-state index contributed by atoms with van der Waals surface area (Å²) in [4.78, 5) is 25.7. The monoisotopic (exact) mass is 1370 g/mol. The SMILES string of the molecule is COc1cc(-c2cc(C(F)(F)F)ccc2C)c(F)cc1-n1c2c(ccc1=O)CN(S(=O)(=O)Nc1cccnn1)CC2.COc1cc(Br)c(F)cc1-n1c2c(ccc1=O)CN(S(=O)(=O)Nc1cccnn1)CC2.Cc1ccc(C(F)(F)F)cc1O[B]O.P.P. The number of fused-ring (bicyclic) bond motifs is 2. The maximum absolute atomic E-state index is 15.6. The molecule has 2 atom stereocenters. The minimum Gasteiger partial charge on any atom is -0.537 e. The number of methoxy groups -OCH3 is 2. The zero-order valence-electron chi connectivity index (χ0n) is 46.7. The first-order valence-corrected chi connectivity index (χ1v) is 28.8. The Labute approximate surface area is 514 Å². The normalized spacial score (nSPS) is 13.3. The van der Waals surface area contributed by atoms with Gasteiger partial charge in [-0.15, -0.1) is 10.2 Å². The number of anilines is 2. The molecule has 20 nitrogen and oxygen atoms in total. The van der Waals surface area contributed by atoms with Crippen LogP contribution < -0.4 is 34.7 Å². The van der Waals surface area contributed by atoms with E-state index in [1.165, 1.54) is 111 Å². The second-order valence-electron chi connectivity index (χ2n) is 18.7. The Hall–Kier alpha value is -7.44. The lowest BCUT2D eigenvalue weighted by Gasteiger charge is -2.30. The van der Waals surface area contributed by atoms with Crippen LogP contribution in [0.5, 0.6) is 17.2 Å². The second-order valence-corrected chi connectivity index (χ2v) is 22.9. The van der Waals surface area contributed by atoms with Crippen LogP contribution in [0.1, 0.15) is 44.8 Å². The molecule has 6 heterocycles. The molecule has 8 aromatic rings. The van der Waals surface area contributed by atoms with Gasteiger partial charge < -0.3 is 19.2 Å². The molecule has 10 rings (SSSR count). The Balaban J connectivity index is 0.000000232. The fourth-order valence-electron chi connectivity index (χ4n) is 9.11. The van der Waals surface area contributed by atoms with Crippen LogP contribution in [0.4, 0.5) is 46.8 Å². The van der Waals surface area contributed by atoms with E-state index >= 15 is 4.39 Å². The molecule has 2 aliphatic rings. The van der Waals surface area contributed by atoms with Gasteiger partial charge in [-0.05, 0) is 118 Å². The van der Waals surface area contributed by atoms with Gasteiger partial charge in [0.25, 0.3) is 11.1 Å².